The number of nitriles is 1. The molecule has 0 radical (unpaired) electrons. The zero-order valence-electron chi connectivity index (χ0n) is 11.1. The maximum Gasteiger partial charge on any atom is 0.300 e. The molecule has 10 heteroatoms. The SMILES string of the molecule is CC1(C#N)CCN(S(=O)(=O)c2cc([N+](=O)[O-])c(Cl)s2)CC1. The highest BCUT2D eigenvalue weighted by molar-refractivity contribution is 7.91. The number of nitro groups is 1. The molecule has 1 fully saturated rings. The van der Waals surface area contributed by atoms with Crippen LogP contribution in [-0.2, 0) is 10.0 Å². The van der Waals surface area contributed by atoms with Crippen molar-refractivity contribution in [3.05, 3.63) is 20.5 Å². The van der Waals surface area contributed by atoms with Gasteiger partial charge >= 0.3 is 0 Å². The summed E-state index contributed by atoms with van der Waals surface area (Å²) in [4.78, 5) is 10.0. The Morgan fingerprint density at radius 2 is 2.10 bits per heavy atom. The highest BCUT2D eigenvalue weighted by Gasteiger charge is 2.37. The third-order valence-electron chi connectivity index (χ3n) is 3.53. The molecule has 21 heavy (non-hydrogen) atoms. The van der Waals surface area contributed by atoms with Gasteiger partial charge in [0.15, 0.2) is 4.34 Å². The molecular formula is C11H12ClN3O4S2. The Morgan fingerprint density at radius 1 is 1.52 bits per heavy atom. The molecule has 0 spiro atoms. The number of thiophene rings is 1. The van der Waals surface area contributed by atoms with Crippen molar-refractivity contribution >= 4 is 38.6 Å². The zero-order valence-corrected chi connectivity index (χ0v) is 13.5. The summed E-state index contributed by atoms with van der Waals surface area (Å²) in [6.45, 7) is 2.23. The van der Waals surface area contributed by atoms with Crippen molar-refractivity contribution in [1.29, 1.82) is 5.26 Å². The fraction of sp³-hybridized carbons (Fsp3) is 0.545. The van der Waals surface area contributed by atoms with Gasteiger partial charge < -0.3 is 0 Å². The van der Waals surface area contributed by atoms with E-state index >= 15 is 0 Å². The van der Waals surface area contributed by atoms with Crippen molar-refractivity contribution in [2.75, 3.05) is 13.1 Å². The Kier molecular flexibility index (Phi) is 4.26. The first kappa shape index (κ1) is 16.2. The molecule has 1 aliphatic heterocycles. The van der Waals surface area contributed by atoms with Gasteiger partial charge in [-0.3, -0.25) is 10.1 Å². The molecule has 7 nitrogen and oxygen atoms in total. The van der Waals surface area contributed by atoms with Crippen LogP contribution >= 0.6 is 22.9 Å². The largest absolute Gasteiger partial charge is 0.300 e. The summed E-state index contributed by atoms with van der Waals surface area (Å²) in [6, 6.07) is 3.18. The fourth-order valence-corrected chi connectivity index (χ4v) is 5.31. The van der Waals surface area contributed by atoms with Gasteiger partial charge in [-0.1, -0.05) is 11.6 Å². The minimum absolute atomic E-state index is 0.139. The predicted octanol–water partition coefficient (Wildman–Crippen LogP) is 2.62. The lowest BCUT2D eigenvalue weighted by atomic mass is 9.83. The van der Waals surface area contributed by atoms with E-state index in [1.807, 2.05) is 0 Å². The minimum atomic E-state index is -3.80. The molecule has 0 bridgehead atoms. The molecule has 1 saturated heterocycles. The van der Waals surface area contributed by atoms with Gasteiger partial charge in [0, 0.05) is 19.2 Å². The third kappa shape index (κ3) is 3.03. The molecule has 1 aromatic heterocycles. The van der Waals surface area contributed by atoms with Crippen LogP contribution in [0.1, 0.15) is 19.8 Å². The predicted molar refractivity (Wildman–Crippen MR) is 77.7 cm³/mol. The Labute approximate surface area is 130 Å². The number of sulfonamides is 1. The van der Waals surface area contributed by atoms with Gasteiger partial charge in [-0.05, 0) is 19.8 Å². The average Bonchev–Trinajstić information content (AvgIpc) is 2.82. The normalized spacial score (nSPS) is 19.1. The number of piperidine rings is 1. The van der Waals surface area contributed by atoms with E-state index in [-0.39, 0.29) is 21.6 Å². The summed E-state index contributed by atoms with van der Waals surface area (Å²) in [5, 5.41) is 19.8. The van der Waals surface area contributed by atoms with E-state index in [2.05, 4.69) is 6.07 Å². The number of hydrogen-bond donors (Lipinski definition) is 0. The topological polar surface area (TPSA) is 104 Å². The standard InChI is InChI=1S/C11H12ClN3O4S2/c1-11(7-13)2-4-14(5-3-11)21(18,19)9-6-8(15(16)17)10(12)20-9/h6H,2-5H2,1H3. The molecule has 0 atom stereocenters. The molecule has 0 amide bonds. The first-order chi connectivity index (χ1) is 9.69. The maximum atomic E-state index is 12.4. The second-order valence-corrected chi connectivity index (χ2v) is 8.88. The molecule has 1 aliphatic rings. The van der Waals surface area contributed by atoms with E-state index in [1.54, 1.807) is 6.92 Å². The summed E-state index contributed by atoms with van der Waals surface area (Å²) in [5.41, 5.74) is -0.926. The Bertz CT molecular complexity index is 714. The highest BCUT2D eigenvalue weighted by atomic mass is 35.5. The van der Waals surface area contributed by atoms with Crippen molar-refractivity contribution in [3.8, 4) is 6.07 Å². The van der Waals surface area contributed by atoms with Crippen LogP contribution in [0.2, 0.25) is 4.34 Å². The zero-order chi connectivity index (χ0) is 15.8. The molecule has 0 N–H and O–H groups in total. The quantitative estimate of drug-likeness (QED) is 0.616. The molecule has 1 aromatic rings. The molecule has 0 saturated carbocycles. The van der Waals surface area contributed by atoms with Crippen LogP contribution in [0.3, 0.4) is 0 Å². The van der Waals surface area contributed by atoms with E-state index in [1.165, 1.54) is 4.31 Å². The van der Waals surface area contributed by atoms with Crippen LogP contribution in [0.25, 0.3) is 0 Å². The number of halogens is 1. The lowest BCUT2D eigenvalue weighted by Gasteiger charge is -2.33. The second-order valence-electron chi connectivity index (χ2n) is 5.06. The lowest BCUT2D eigenvalue weighted by molar-refractivity contribution is -0.384. The Morgan fingerprint density at radius 3 is 2.52 bits per heavy atom. The van der Waals surface area contributed by atoms with Crippen molar-refractivity contribution in [2.45, 2.75) is 24.0 Å². The Balaban J connectivity index is 2.26. The van der Waals surface area contributed by atoms with Crippen LogP contribution in [0.15, 0.2) is 10.3 Å². The number of rotatable bonds is 3. The van der Waals surface area contributed by atoms with Crippen molar-refractivity contribution in [3.63, 3.8) is 0 Å². The van der Waals surface area contributed by atoms with Crippen LogP contribution in [-0.4, -0.2) is 30.7 Å². The van der Waals surface area contributed by atoms with Gasteiger partial charge in [0.25, 0.3) is 15.7 Å². The number of hydrogen-bond acceptors (Lipinski definition) is 6. The number of nitrogens with zero attached hydrogens (tertiary/aromatic N) is 3. The lowest BCUT2D eigenvalue weighted by Crippen LogP contribution is -2.41. The molecule has 0 unspecified atom stereocenters. The van der Waals surface area contributed by atoms with Crippen molar-refractivity contribution < 1.29 is 13.3 Å². The minimum Gasteiger partial charge on any atom is -0.258 e. The van der Waals surface area contributed by atoms with Crippen molar-refractivity contribution in [1.82, 2.24) is 4.31 Å². The molecule has 0 aromatic carbocycles. The monoisotopic (exact) mass is 349 g/mol. The highest BCUT2D eigenvalue weighted by Crippen LogP contribution is 2.39. The molecule has 2 rings (SSSR count). The molecule has 0 aliphatic carbocycles. The van der Waals surface area contributed by atoms with Crippen LogP contribution in [0, 0.1) is 26.9 Å². The summed E-state index contributed by atoms with van der Waals surface area (Å²) in [5.74, 6) is 0. The van der Waals surface area contributed by atoms with Gasteiger partial charge in [0.1, 0.15) is 4.21 Å². The van der Waals surface area contributed by atoms with Gasteiger partial charge in [0.05, 0.1) is 16.4 Å². The van der Waals surface area contributed by atoms with E-state index in [0.717, 1.165) is 6.07 Å². The Hall–Kier alpha value is -1.21. The van der Waals surface area contributed by atoms with Crippen LogP contribution in [0.4, 0.5) is 5.69 Å². The van der Waals surface area contributed by atoms with Gasteiger partial charge in [-0.2, -0.15) is 9.57 Å². The van der Waals surface area contributed by atoms with E-state index in [0.29, 0.717) is 24.2 Å². The van der Waals surface area contributed by atoms with Crippen molar-refractivity contribution in [2.24, 2.45) is 5.41 Å². The maximum absolute atomic E-state index is 12.4. The molecule has 114 valence electrons. The average molecular weight is 350 g/mol. The van der Waals surface area contributed by atoms with Gasteiger partial charge in [-0.25, -0.2) is 8.42 Å². The van der Waals surface area contributed by atoms with Gasteiger partial charge in [0.2, 0.25) is 0 Å². The molecular weight excluding hydrogens is 338 g/mol. The summed E-state index contributed by atoms with van der Waals surface area (Å²) >= 11 is 6.38. The summed E-state index contributed by atoms with van der Waals surface area (Å²) in [6.07, 6.45) is 0.869. The van der Waals surface area contributed by atoms with E-state index < -0.39 is 26.0 Å². The smallest absolute Gasteiger partial charge is 0.258 e. The summed E-state index contributed by atoms with van der Waals surface area (Å²) < 4.78 is 25.8. The first-order valence-electron chi connectivity index (χ1n) is 6.05. The van der Waals surface area contributed by atoms with Crippen LogP contribution in [0.5, 0.6) is 0 Å². The molecule has 2 heterocycles. The summed E-state index contributed by atoms with van der Waals surface area (Å²) in [7, 11) is -3.80. The second kappa shape index (κ2) is 5.53. The van der Waals surface area contributed by atoms with Crippen LogP contribution < -0.4 is 0 Å². The fourth-order valence-electron chi connectivity index (χ4n) is 2.05. The van der Waals surface area contributed by atoms with E-state index in [9.17, 15) is 18.5 Å². The van der Waals surface area contributed by atoms with Gasteiger partial charge in [-0.15, -0.1) is 11.3 Å². The van der Waals surface area contributed by atoms with E-state index in [4.69, 9.17) is 16.9 Å². The first-order valence-corrected chi connectivity index (χ1v) is 8.68. The third-order valence-corrected chi connectivity index (χ3v) is 7.22.